The monoisotopic (exact) mass is 463 g/mol. The number of anilines is 1. The van der Waals surface area contributed by atoms with Crippen LogP contribution in [0.25, 0.3) is 11.3 Å². The molecular weight excluding hydrogens is 430 g/mol. The van der Waals surface area contributed by atoms with Gasteiger partial charge in [0.1, 0.15) is 34.7 Å². The maximum Gasteiger partial charge on any atom is 0.144 e. The van der Waals surface area contributed by atoms with E-state index in [2.05, 4.69) is 37.1 Å². The van der Waals surface area contributed by atoms with Gasteiger partial charge in [-0.25, -0.2) is 4.68 Å². The number of nitrogens with zero attached hydrogens (tertiary/aromatic N) is 4. The molecule has 0 aliphatic rings. The molecule has 0 saturated heterocycles. The van der Waals surface area contributed by atoms with E-state index < -0.39 is 5.54 Å². The molecule has 0 fully saturated rings. The summed E-state index contributed by atoms with van der Waals surface area (Å²) in [7, 11) is 1.61. The normalized spacial score (nSPS) is 12.0. The zero-order chi connectivity index (χ0) is 25.1. The lowest BCUT2D eigenvalue weighted by atomic mass is 9.90. The largest absolute Gasteiger partial charge is 0.383 e. The molecule has 3 rings (SSSR count). The van der Waals surface area contributed by atoms with Crippen molar-refractivity contribution < 1.29 is 14.1 Å². The summed E-state index contributed by atoms with van der Waals surface area (Å²) in [4.78, 5) is 12.6. The van der Waals surface area contributed by atoms with Gasteiger partial charge in [0.15, 0.2) is 0 Å². The van der Waals surface area contributed by atoms with Crippen LogP contribution in [0.4, 0.5) is 5.82 Å². The Balaban J connectivity index is 1.72. The Bertz CT molecular complexity index is 1190. The van der Waals surface area contributed by atoms with Crippen molar-refractivity contribution in [1.82, 2.24) is 14.9 Å². The molecule has 1 aromatic carbocycles. The third kappa shape index (κ3) is 5.91. The molecule has 2 N–H and O–H groups in total. The Morgan fingerprint density at radius 2 is 1.85 bits per heavy atom. The fourth-order valence-corrected chi connectivity index (χ4v) is 3.95. The predicted octanol–water partition coefficient (Wildman–Crippen LogP) is 4.32. The van der Waals surface area contributed by atoms with Crippen LogP contribution in [0, 0.1) is 16.7 Å². The van der Waals surface area contributed by atoms with Gasteiger partial charge in [0.05, 0.1) is 24.3 Å². The third-order valence-corrected chi connectivity index (χ3v) is 5.42. The van der Waals surface area contributed by atoms with Crippen molar-refractivity contribution >= 4 is 11.6 Å². The second-order valence-electron chi connectivity index (χ2n) is 10.5. The Morgan fingerprint density at radius 1 is 1.18 bits per heavy atom. The highest BCUT2D eigenvalue weighted by atomic mass is 16.5. The second kappa shape index (κ2) is 9.82. The molecule has 34 heavy (non-hydrogen) atoms. The van der Waals surface area contributed by atoms with Gasteiger partial charge in [-0.05, 0) is 31.2 Å². The molecule has 0 amide bonds. The van der Waals surface area contributed by atoms with E-state index in [1.807, 2.05) is 44.2 Å². The van der Waals surface area contributed by atoms with Gasteiger partial charge in [-0.1, -0.05) is 50.2 Å². The number of nitrogens with two attached hydrogens (primary N) is 1. The molecule has 0 saturated carbocycles. The number of nitriles is 1. The highest BCUT2D eigenvalue weighted by Crippen LogP contribution is 2.31. The maximum atomic E-state index is 12.6. The van der Waals surface area contributed by atoms with Gasteiger partial charge in [0, 0.05) is 25.2 Å². The first-order chi connectivity index (χ1) is 15.9. The second-order valence-corrected chi connectivity index (χ2v) is 10.5. The molecule has 180 valence electrons. The third-order valence-electron chi connectivity index (χ3n) is 5.42. The minimum atomic E-state index is -0.511. The lowest BCUT2D eigenvalue weighted by Gasteiger charge is -2.25. The van der Waals surface area contributed by atoms with Gasteiger partial charge in [0.25, 0.3) is 0 Å². The van der Waals surface area contributed by atoms with Gasteiger partial charge < -0.3 is 15.0 Å². The van der Waals surface area contributed by atoms with Crippen LogP contribution in [-0.2, 0) is 34.3 Å². The topological polar surface area (TPSA) is 120 Å². The van der Waals surface area contributed by atoms with Crippen LogP contribution in [0.15, 0.2) is 34.9 Å². The summed E-state index contributed by atoms with van der Waals surface area (Å²) < 4.78 is 12.3. The number of aromatic nitrogens is 3. The molecule has 2 heterocycles. The summed E-state index contributed by atoms with van der Waals surface area (Å²) >= 11 is 0. The van der Waals surface area contributed by atoms with Gasteiger partial charge in [0.2, 0.25) is 0 Å². The molecule has 0 radical (unpaired) electrons. The number of hydrogen-bond acceptors (Lipinski definition) is 7. The van der Waals surface area contributed by atoms with E-state index in [0.29, 0.717) is 29.4 Å². The molecule has 0 unspecified atom stereocenters. The molecule has 0 atom stereocenters. The van der Waals surface area contributed by atoms with Crippen LogP contribution in [0.3, 0.4) is 0 Å². The Labute approximate surface area is 200 Å². The summed E-state index contributed by atoms with van der Waals surface area (Å²) in [5.41, 5.74) is 9.15. The molecule has 8 nitrogen and oxygen atoms in total. The quantitative estimate of drug-likeness (QED) is 0.502. The average molecular weight is 464 g/mol. The van der Waals surface area contributed by atoms with Crippen LogP contribution < -0.4 is 5.73 Å². The van der Waals surface area contributed by atoms with Gasteiger partial charge in [-0.15, -0.1) is 0 Å². The summed E-state index contributed by atoms with van der Waals surface area (Å²) in [6.45, 7) is 10.7. The van der Waals surface area contributed by atoms with E-state index in [0.717, 1.165) is 23.2 Å². The number of carbonyl (C=O) groups is 1. The molecule has 0 aliphatic carbocycles. The van der Waals surface area contributed by atoms with Gasteiger partial charge >= 0.3 is 0 Å². The summed E-state index contributed by atoms with van der Waals surface area (Å²) in [6.07, 6.45) is 1.27. The van der Waals surface area contributed by atoms with Crippen molar-refractivity contribution in [3.8, 4) is 17.3 Å². The van der Waals surface area contributed by atoms with E-state index in [4.69, 9.17) is 15.0 Å². The summed E-state index contributed by atoms with van der Waals surface area (Å²) in [5.74, 6) is 0.926. The molecule has 0 spiro atoms. The number of Topliss-reactive ketones (excluding diaryl/α,β-unsaturated/α-hetero) is 1. The number of carbonyl (C=O) groups excluding carboxylic acids is 1. The number of ether oxygens (including phenoxy) is 1. The van der Waals surface area contributed by atoms with Crippen LogP contribution in [0.5, 0.6) is 0 Å². The van der Waals surface area contributed by atoms with E-state index in [1.54, 1.807) is 11.8 Å². The highest BCUT2D eigenvalue weighted by molar-refractivity contribution is 5.83. The first-order valence-electron chi connectivity index (χ1n) is 11.3. The number of hydrogen-bond donors (Lipinski definition) is 1. The van der Waals surface area contributed by atoms with E-state index in [-0.39, 0.29) is 24.0 Å². The Kier molecular flexibility index (Phi) is 7.27. The van der Waals surface area contributed by atoms with Crippen molar-refractivity contribution in [3.63, 3.8) is 0 Å². The number of methoxy groups -OCH3 is 1. The lowest BCUT2D eigenvalue weighted by Crippen LogP contribution is -2.33. The molecule has 0 bridgehead atoms. The minimum Gasteiger partial charge on any atom is -0.383 e. The number of rotatable bonds is 9. The summed E-state index contributed by atoms with van der Waals surface area (Å²) in [6, 6.07) is 11.5. The van der Waals surface area contributed by atoms with E-state index in [1.165, 1.54) is 0 Å². The molecule has 3 aromatic rings. The van der Waals surface area contributed by atoms with E-state index >= 15 is 0 Å². The summed E-state index contributed by atoms with van der Waals surface area (Å²) in [5, 5.41) is 18.4. The fourth-order valence-electron chi connectivity index (χ4n) is 3.95. The SMILES string of the molecule is COCC(C)(C)n1nc(-c2ccc(CC(=O)Cc3cc(CC(C)(C)C)no3)cc2)c(C#N)c1N. The Hall–Kier alpha value is -3.44. The molecule has 0 aliphatic heterocycles. The predicted molar refractivity (Wildman–Crippen MR) is 130 cm³/mol. The van der Waals surface area contributed by atoms with Crippen LogP contribution in [0.2, 0.25) is 0 Å². The smallest absolute Gasteiger partial charge is 0.144 e. The average Bonchev–Trinajstić information content (AvgIpc) is 3.30. The van der Waals surface area contributed by atoms with Crippen molar-refractivity contribution in [2.45, 2.75) is 59.4 Å². The van der Waals surface area contributed by atoms with Crippen molar-refractivity contribution in [2.24, 2.45) is 5.41 Å². The maximum absolute atomic E-state index is 12.6. The van der Waals surface area contributed by atoms with E-state index in [9.17, 15) is 10.1 Å². The van der Waals surface area contributed by atoms with Gasteiger partial charge in [-0.3, -0.25) is 4.79 Å². The lowest BCUT2D eigenvalue weighted by molar-refractivity contribution is -0.118. The van der Waals surface area contributed by atoms with Crippen molar-refractivity contribution in [1.29, 1.82) is 5.26 Å². The minimum absolute atomic E-state index is 0.0405. The molecule has 2 aromatic heterocycles. The van der Waals surface area contributed by atoms with Gasteiger partial charge in [-0.2, -0.15) is 10.4 Å². The van der Waals surface area contributed by atoms with Crippen LogP contribution >= 0.6 is 0 Å². The van der Waals surface area contributed by atoms with Crippen LogP contribution in [0.1, 0.15) is 57.2 Å². The zero-order valence-electron chi connectivity index (χ0n) is 20.8. The number of ketones is 1. The van der Waals surface area contributed by atoms with Crippen molar-refractivity contribution in [2.75, 3.05) is 19.5 Å². The standard InChI is InChI=1S/C26H33N5O3/c1-25(2,3)14-19-12-21(34-30-19)13-20(32)11-17-7-9-18(10-8-17)23-22(15-27)24(28)31(29-23)26(4,5)16-33-6/h7-10,12H,11,13-14,16,28H2,1-6H3. The first-order valence-corrected chi connectivity index (χ1v) is 11.3. The zero-order valence-corrected chi connectivity index (χ0v) is 20.8. The number of benzene rings is 1. The first kappa shape index (κ1) is 25.2. The highest BCUT2D eigenvalue weighted by Gasteiger charge is 2.28. The van der Waals surface area contributed by atoms with Crippen molar-refractivity contribution in [3.05, 3.63) is 52.9 Å². The molecule has 8 heteroatoms. The fraction of sp³-hybridized carbons (Fsp3) is 0.462. The van der Waals surface area contributed by atoms with Crippen LogP contribution in [-0.4, -0.2) is 34.4 Å². The number of nitrogen functional groups attached to an aromatic ring is 1. The molecular formula is C26H33N5O3. The Morgan fingerprint density at radius 3 is 2.44 bits per heavy atom.